The third kappa shape index (κ3) is 6.10. The summed E-state index contributed by atoms with van der Waals surface area (Å²) in [5.41, 5.74) is 0. The highest BCUT2D eigenvalue weighted by molar-refractivity contribution is 6.74. The average Bonchev–Trinajstić information content (AvgIpc) is 2.70. The van der Waals surface area contributed by atoms with Crippen LogP contribution in [0, 0.1) is 35.5 Å². The normalized spacial score (nSPS) is 30.1. The average molecular weight is 505 g/mol. The van der Waals surface area contributed by atoms with E-state index in [0.717, 1.165) is 12.8 Å². The molecule has 3 aliphatic rings. The maximum atomic E-state index is 12.3. The van der Waals surface area contributed by atoms with Crippen LogP contribution in [0.5, 0.6) is 0 Å². The minimum absolute atomic E-state index is 0.0193. The molecule has 0 heterocycles. The van der Waals surface area contributed by atoms with E-state index in [-0.39, 0.29) is 34.1 Å². The van der Waals surface area contributed by atoms with Crippen molar-refractivity contribution in [2.75, 3.05) is 0 Å². The molecular weight excluding hydrogens is 452 g/mol. The fraction of sp³-hybridized carbons (Fsp3) is 0.897. The van der Waals surface area contributed by atoms with Crippen LogP contribution in [-0.4, -0.2) is 34.6 Å². The number of hydrogen-bond acceptors (Lipinski definition) is 3. The highest BCUT2D eigenvalue weighted by Gasteiger charge is 2.52. The van der Waals surface area contributed by atoms with E-state index in [2.05, 4.69) is 79.6 Å². The van der Waals surface area contributed by atoms with Gasteiger partial charge in [0.1, 0.15) is 11.9 Å². The molecule has 0 spiro atoms. The molecule has 0 unspecified atom stereocenters. The molecule has 3 saturated carbocycles. The van der Waals surface area contributed by atoms with Gasteiger partial charge in [-0.25, -0.2) is 0 Å². The van der Waals surface area contributed by atoms with Crippen LogP contribution in [0.1, 0.15) is 92.9 Å². The maximum absolute atomic E-state index is 12.3. The van der Waals surface area contributed by atoms with Gasteiger partial charge in [-0.15, -0.1) is 0 Å². The maximum Gasteiger partial charge on any atom is 0.193 e. The first-order valence-corrected chi connectivity index (χ1v) is 19.7. The fourth-order valence-electron chi connectivity index (χ4n) is 5.40. The molecule has 34 heavy (non-hydrogen) atoms. The standard InChI is InChI=1S/C29H52O3Si2/c1-28(2,3)33(7,8)31-26(21-14-12-11-13-15-21)18-17-23-24-20-25(30)22(24)16-19-27(23)32-34(9,10)29(4,5)6/h21-24,26-27H,11-16,19-20H2,1-10H3/t22-,23+,24-,26-,27+/m1/s1. The zero-order chi connectivity index (χ0) is 25.5. The molecule has 3 nitrogen and oxygen atoms in total. The topological polar surface area (TPSA) is 35.5 Å². The number of rotatable bonds is 5. The molecule has 0 aromatic heterocycles. The molecule has 3 fully saturated rings. The van der Waals surface area contributed by atoms with Crippen LogP contribution in [0.15, 0.2) is 0 Å². The smallest absolute Gasteiger partial charge is 0.193 e. The van der Waals surface area contributed by atoms with Crippen molar-refractivity contribution in [1.29, 1.82) is 0 Å². The highest BCUT2D eigenvalue weighted by Crippen LogP contribution is 2.49. The molecule has 0 aliphatic heterocycles. The Balaban J connectivity index is 1.89. The largest absolute Gasteiger partial charge is 0.413 e. The van der Waals surface area contributed by atoms with Crippen molar-refractivity contribution >= 4 is 22.4 Å². The van der Waals surface area contributed by atoms with Crippen molar-refractivity contribution in [3.8, 4) is 11.8 Å². The van der Waals surface area contributed by atoms with Crippen molar-refractivity contribution < 1.29 is 13.6 Å². The van der Waals surface area contributed by atoms with Crippen LogP contribution in [-0.2, 0) is 13.6 Å². The molecule has 0 aromatic rings. The molecule has 5 atom stereocenters. The number of carbonyl (C=O) groups is 1. The van der Waals surface area contributed by atoms with Gasteiger partial charge in [-0.1, -0.05) is 72.6 Å². The van der Waals surface area contributed by atoms with Crippen LogP contribution in [0.3, 0.4) is 0 Å². The van der Waals surface area contributed by atoms with E-state index in [9.17, 15) is 4.79 Å². The van der Waals surface area contributed by atoms with Crippen LogP contribution in [0.4, 0.5) is 0 Å². The second kappa shape index (κ2) is 10.2. The van der Waals surface area contributed by atoms with Crippen molar-refractivity contribution in [3.63, 3.8) is 0 Å². The second-order valence-corrected chi connectivity index (χ2v) is 24.0. The molecular formula is C29H52O3Si2. The minimum atomic E-state index is -1.93. The zero-order valence-electron chi connectivity index (χ0n) is 23.8. The van der Waals surface area contributed by atoms with E-state index < -0.39 is 16.6 Å². The first-order chi connectivity index (χ1) is 15.5. The summed E-state index contributed by atoms with van der Waals surface area (Å²) in [5, 5.41) is 0.346. The lowest BCUT2D eigenvalue weighted by Crippen LogP contribution is -2.54. The van der Waals surface area contributed by atoms with Gasteiger partial charge in [0.2, 0.25) is 0 Å². The molecule has 0 radical (unpaired) electrons. The summed E-state index contributed by atoms with van der Waals surface area (Å²) in [5.74, 6) is 9.24. The quantitative estimate of drug-likeness (QED) is 0.281. The van der Waals surface area contributed by atoms with Crippen LogP contribution < -0.4 is 0 Å². The van der Waals surface area contributed by atoms with Crippen molar-refractivity contribution in [3.05, 3.63) is 0 Å². The van der Waals surface area contributed by atoms with E-state index in [1.54, 1.807) is 0 Å². The lowest BCUT2D eigenvalue weighted by atomic mass is 9.59. The predicted molar refractivity (Wildman–Crippen MR) is 148 cm³/mol. The highest BCUT2D eigenvalue weighted by atomic mass is 28.4. The van der Waals surface area contributed by atoms with Gasteiger partial charge < -0.3 is 8.85 Å². The Hall–Kier alpha value is -0.416. The van der Waals surface area contributed by atoms with Crippen molar-refractivity contribution in [1.82, 2.24) is 0 Å². The zero-order valence-corrected chi connectivity index (χ0v) is 25.8. The van der Waals surface area contributed by atoms with Crippen LogP contribution in [0.2, 0.25) is 36.3 Å². The lowest BCUT2D eigenvalue weighted by molar-refractivity contribution is -0.141. The second-order valence-electron chi connectivity index (χ2n) is 14.4. The van der Waals surface area contributed by atoms with Gasteiger partial charge in [-0.2, -0.15) is 0 Å². The summed E-state index contributed by atoms with van der Waals surface area (Å²) >= 11 is 0. The molecule has 3 aliphatic carbocycles. The molecule has 5 heteroatoms. The molecule has 0 aromatic carbocycles. The monoisotopic (exact) mass is 504 g/mol. The Kier molecular flexibility index (Phi) is 8.41. The van der Waals surface area contributed by atoms with E-state index >= 15 is 0 Å². The minimum Gasteiger partial charge on any atom is -0.413 e. The lowest BCUT2D eigenvalue weighted by Gasteiger charge is -2.49. The summed E-state index contributed by atoms with van der Waals surface area (Å²) in [7, 11) is -3.83. The number of Topliss-reactive ketones (excluding diaryl/α,β-unsaturated/α-hetero) is 1. The number of carbonyl (C=O) groups excluding carboxylic acids is 1. The first-order valence-electron chi connectivity index (χ1n) is 13.9. The first kappa shape index (κ1) is 28.2. The SMILES string of the molecule is CC(C)(C)[Si](C)(C)O[C@H]1CC[C@H]2C(=O)C[C@H]2[C@@H]1C#C[C@@H](O[Si](C)(C)C(C)(C)C)C1CCCCC1. The Labute approximate surface area is 212 Å². The Bertz CT molecular complexity index is 787. The number of fused-ring (bicyclic) bond motifs is 1. The molecule has 0 N–H and O–H groups in total. The van der Waals surface area contributed by atoms with Gasteiger partial charge in [-0.3, -0.25) is 4.79 Å². The van der Waals surface area contributed by atoms with E-state index in [0.29, 0.717) is 24.0 Å². The van der Waals surface area contributed by atoms with Crippen LogP contribution in [0.25, 0.3) is 0 Å². The molecule has 0 bridgehead atoms. The van der Waals surface area contributed by atoms with Gasteiger partial charge >= 0.3 is 0 Å². The summed E-state index contributed by atoms with van der Waals surface area (Å²) in [6, 6.07) is 0. The summed E-state index contributed by atoms with van der Waals surface area (Å²) in [6.07, 6.45) is 9.20. The Morgan fingerprint density at radius 3 is 1.97 bits per heavy atom. The van der Waals surface area contributed by atoms with E-state index in [1.165, 1.54) is 32.1 Å². The third-order valence-corrected chi connectivity index (χ3v) is 18.9. The van der Waals surface area contributed by atoms with Gasteiger partial charge in [0.25, 0.3) is 0 Å². The van der Waals surface area contributed by atoms with E-state index in [1.807, 2.05) is 0 Å². The molecule has 194 valence electrons. The van der Waals surface area contributed by atoms with Crippen molar-refractivity contribution in [2.24, 2.45) is 23.7 Å². The Morgan fingerprint density at radius 1 is 0.853 bits per heavy atom. The van der Waals surface area contributed by atoms with Crippen LogP contribution >= 0.6 is 0 Å². The van der Waals surface area contributed by atoms with Gasteiger partial charge in [0.15, 0.2) is 16.6 Å². The van der Waals surface area contributed by atoms with Gasteiger partial charge in [-0.05, 0) is 73.8 Å². The summed E-state index contributed by atoms with van der Waals surface area (Å²) in [6.45, 7) is 23.3. The molecule has 3 rings (SSSR count). The Morgan fingerprint density at radius 2 is 1.44 bits per heavy atom. The summed E-state index contributed by atoms with van der Waals surface area (Å²) in [4.78, 5) is 12.3. The van der Waals surface area contributed by atoms with E-state index in [4.69, 9.17) is 8.85 Å². The van der Waals surface area contributed by atoms with Crippen molar-refractivity contribution in [2.45, 2.75) is 141 Å². The van der Waals surface area contributed by atoms with Gasteiger partial charge in [0.05, 0.1) is 6.10 Å². The molecule has 0 amide bonds. The number of hydrogen-bond donors (Lipinski definition) is 0. The predicted octanol–water partition coefficient (Wildman–Crippen LogP) is 7.97. The summed E-state index contributed by atoms with van der Waals surface area (Å²) < 4.78 is 14.0. The number of ketones is 1. The fourth-order valence-corrected chi connectivity index (χ4v) is 8.01. The van der Waals surface area contributed by atoms with Gasteiger partial charge in [0, 0.05) is 18.3 Å². The molecule has 0 saturated heterocycles. The third-order valence-electron chi connectivity index (χ3n) is 9.94.